The van der Waals surface area contributed by atoms with Gasteiger partial charge in [-0.05, 0) is 67.8 Å². The molecule has 2 aliphatic rings. The minimum absolute atomic E-state index is 0.0740. The molecule has 1 saturated heterocycles. The molecule has 9 heteroatoms. The SMILES string of the molecule is COc1cccc(C(=O)Oc2ccc(C(=O)COC(=O)C(Cc3ccccc3)N3C(=O)C4CC=C(C)CC4C3=O)cc2)c1. The summed E-state index contributed by atoms with van der Waals surface area (Å²) in [5.74, 6) is -2.94. The number of ketones is 1. The number of allylic oxidation sites excluding steroid dienone is 2. The molecule has 0 saturated carbocycles. The van der Waals surface area contributed by atoms with Crippen molar-refractivity contribution >= 4 is 29.5 Å². The van der Waals surface area contributed by atoms with Crippen LogP contribution in [0.25, 0.3) is 0 Å². The maximum Gasteiger partial charge on any atom is 0.343 e. The number of amides is 2. The second-order valence-electron chi connectivity index (χ2n) is 10.6. The zero-order chi connectivity index (χ0) is 30.5. The van der Waals surface area contributed by atoms with Gasteiger partial charge in [0, 0.05) is 12.0 Å². The Kier molecular flexibility index (Phi) is 8.80. The number of esters is 2. The molecule has 220 valence electrons. The van der Waals surface area contributed by atoms with E-state index in [0.29, 0.717) is 24.2 Å². The molecule has 3 aromatic rings. The average Bonchev–Trinajstić information content (AvgIpc) is 3.27. The van der Waals surface area contributed by atoms with Crippen LogP contribution in [0.2, 0.25) is 0 Å². The number of ether oxygens (including phenoxy) is 3. The van der Waals surface area contributed by atoms with Crippen LogP contribution in [0.5, 0.6) is 11.5 Å². The first-order valence-electron chi connectivity index (χ1n) is 14.0. The van der Waals surface area contributed by atoms with E-state index in [1.165, 1.54) is 31.4 Å². The van der Waals surface area contributed by atoms with Crippen molar-refractivity contribution in [2.75, 3.05) is 13.7 Å². The van der Waals surface area contributed by atoms with Crippen molar-refractivity contribution in [3.8, 4) is 11.5 Å². The number of carbonyl (C=O) groups excluding carboxylic acids is 5. The fourth-order valence-corrected chi connectivity index (χ4v) is 5.43. The molecule has 3 aromatic carbocycles. The highest BCUT2D eigenvalue weighted by Crippen LogP contribution is 2.39. The molecular formula is C34H31NO8. The molecule has 1 aliphatic heterocycles. The summed E-state index contributed by atoms with van der Waals surface area (Å²) in [5.41, 5.74) is 2.32. The first-order chi connectivity index (χ1) is 20.7. The Balaban J connectivity index is 1.25. The highest BCUT2D eigenvalue weighted by atomic mass is 16.5. The summed E-state index contributed by atoms with van der Waals surface area (Å²) in [5, 5.41) is 0. The second-order valence-corrected chi connectivity index (χ2v) is 10.6. The predicted molar refractivity (Wildman–Crippen MR) is 155 cm³/mol. The Hall–Kier alpha value is -5.05. The number of rotatable bonds is 10. The van der Waals surface area contributed by atoms with E-state index in [9.17, 15) is 24.0 Å². The van der Waals surface area contributed by atoms with E-state index in [0.717, 1.165) is 16.0 Å². The molecule has 1 aliphatic carbocycles. The number of hydrogen-bond acceptors (Lipinski definition) is 8. The van der Waals surface area contributed by atoms with Gasteiger partial charge in [-0.15, -0.1) is 0 Å². The Morgan fingerprint density at radius 3 is 2.30 bits per heavy atom. The number of Topliss-reactive ketones (excluding diaryl/α,β-unsaturated/α-hetero) is 1. The van der Waals surface area contributed by atoms with Crippen LogP contribution >= 0.6 is 0 Å². The van der Waals surface area contributed by atoms with E-state index in [1.54, 1.807) is 48.5 Å². The van der Waals surface area contributed by atoms with Gasteiger partial charge in [0.05, 0.1) is 24.5 Å². The molecule has 5 rings (SSSR count). The Morgan fingerprint density at radius 2 is 1.58 bits per heavy atom. The minimum atomic E-state index is -1.19. The maximum absolute atomic E-state index is 13.4. The zero-order valence-electron chi connectivity index (χ0n) is 23.9. The topological polar surface area (TPSA) is 116 Å². The van der Waals surface area contributed by atoms with Gasteiger partial charge in [0.25, 0.3) is 0 Å². The molecular weight excluding hydrogens is 550 g/mol. The van der Waals surface area contributed by atoms with Crippen molar-refractivity contribution < 1.29 is 38.2 Å². The minimum Gasteiger partial charge on any atom is -0.497 e. The molecule has 0 radical (unpaired) electrons. The van der Waals surface area contributed by atoms with Gasteiger partial charge in [0.1, 0.15) is 17.5 Å². The number of fused-ring (bicyclic) bond motifs is 1. The lowest BCUT2D eigenvalue weighted by molar-refractivity contribution is -0.158. The van der Waals surface area contributed by atoms with Gasteiger partial charge in [-0.25, -0.2) is 9.59 Å². The third kappa shape index (κ3) is 6.56. The van der Waals surface area contributed by atoms with E-state index in [1.807, 2.05) is 19.1 Å². The highest BCUT2D eigenvalue weighted by molar-refractivity contribution is 6.08. The van der Waals surface area contributed by atoms with Crippen molar-refractivity contribution in [2.24, 2.45) is 11.8 Å². The molecule has 1 heterocycles. The Bertz CT molecular complexity index is 1580. The molecule has 3 unspecified atom stereocenters. The summed E-state index contributed by atoms with van der Waals surface area (Å²) in [7, 11) is 1.50. The van der Waals surface area contributed by atoms with E-state index in [2.05, 4.69) is 0 Å². The maximum atomic E-state index is 13.4. The van der Waals surface area contributed by atoms with Crippen LogP contribution in [0.3, 0.4) is 0 Å². The number of carbonyl (C=O) groups is 5. The normalized spacial score (nSPS) is 18.4. The van der Waals surface area contributed by atoms with E-state index in [4.69, 9.17) is 14.2 Å². The Labute approximate surface area is 249 Å². The van der Waals surface area contributed by atoms with Crippen LogP contribution in [0.4, 0.5) is 0 Å². The molecule has 2 amide bonds. The zero-order valence-corrected chi connectivity index (χ0v) is 23.9. The number of methoxy groups -OCH3 is 1. The lowest BCUT2D eigenvalue weighted by Gasteiger charge is -2.25. The van der Waals surface area contributed by atoms with Gasteiger partial charge < -0.3 is 14.2 Å². The van der Waals surface area contributed by atoms with Crippen LogP contribution in [-0.4, -0.2) is 54.2 Å². The number of imide groups is 1. The summed E-state index contributed by atoms with van der Waals surface area (Å²) in [6, 6.07) is 20.2. The number of nitrogens with zero attached hydrogens (tertiary/aromatic N) is 1. The molecule has 3 atom stereocenters. The fraction of sp³-hybridized carbons (Fsp3) is 0.265. The molecule has 0 bridgehead atoms. The van der Waals surface area contributed by atoms with Crippen molar-refractivity contribution in [1.29, 1.82) is 0 Å². The molecule has 0 spiro atoms. The molecule has 0 aromatic heterocycles. The summed E-state index contributed by atoms with van der Waals surface area (Å²) < 4.78 is 15.9. The Morgan fingerprint density at radius 1 is 0.860 bits per heavy atom. The lowest BCUT2D eigenvalue weighted by atomic mass is 9.82. The first-order valence-corrected chi connectivity index (χ1v) is 14.0. The summed E-state index contributed by atoms with van der Waals surface area (Å²) in [6.07, 6.45) is 2.96. The van der Waals surface area contributed by atoms with Crippen LogP contribution in [0, 0.1) is 11.8 Å². The predicted octanol–water partition coefficient (Wildman–Crippen LogP) is 4.59. The second kappa shape index (κ2) is 12.9. The smallest absolute Gasteiger partial charge is 0.343 e. The quantitative estimate of drug-likeness (QED) is 0.112. The van der Waals surface area contributed by atoms with Crippen molar-refractivity contribution in [3.05, 3.63) is 107 Å². The summed E-state index contributed by atoms with van der Waals surface area (Å²) in [4.78, 5) is 66.5. The monoisotopic (exact) mass is 581 g/mol. The third-order valence-corrected chi connectivity index (χ3v) is 7.75. The van der Waals surface area contributed by atoms with Crippen LogP contribution in [0.1, 0.15) is 46.0 Å². The van der Waals surface area contributed by atoms with Gasteiger partial charge in [0.15, 0.2) is 12.4 Å². The average molecular weight is 582 g/mol. The first kappa shape index (κ1) is 29.4. The van der Waals surface area contributed by atoms with Crippen LogP contribution < -0.4 is 9.47 Å². The van der Waals surface area contributed by atoms with Gasteiger partial charge in [-0.3, -0.25) is 19.3 Å². The molecule has 43 heavy (non-hydrogen) atoms. The van der Waals surface area contributed by atoms with E-state index < -0.39 is 42.2 Å². The van der Waals surface area contributed by atoms with Crippen molar-refractivity contribution in [2.45, 2.75) is 32.2 Å². The van der Waals surface area contributed by atoms with Crippen LogP contribution in [0.15, 0.2) is 90.5 Å². The van der Waals surface area contributed by atoms with Gasteiger partial charge >= 0.3 is 11.9 Å². The van der Waals surface area contributed by atoms with Gasteiger partial charge in [0.2, 0.25) is 11.8 Å². The van der Waals surface area contributed by atoms with Crippen molar-refractivity contribution in [3.63, 3.8) is 0 Å². The van der Waals surface area contributed by atoms with E-state index >= 15 is 0 Å². The molecule has 9 nitrogen and oxygen atoms in total. The van der Waals surface area contributed by atoms with Crippen LogP contribution in [-0.2, 0) is 25.5 Å². The standard InChI is InChI=1S/C34H31NO8/c1-21-11-16-27-28(17-21)32(38)35(31(27)37)29(18-22-7-4-3-5-8-22)34(40)42-20-30(36)23-12-14-25(15-13-23)43-33(39)24-9-6-10-26(19-24)41-2/h3-15,19,27-29H,16-18,20H2,1-2H3. The fourth-order valence-electron chi connectivity index (χ4n) is 5.43. The van der Waals surface area contributed by atoms with Gasteiger partial charge in [-0.1, -0.05) is 48.0 Å². The molecule has 1 fully saturated rings. The number of likely N-dealkylation sites (tertiary alicyclic amines) is 1. The highest BCUT2D eigenvalue weighted by Gasteiger charge is 2.52. The third-order valence-electron chi connectivity index (χ3n) is 7.75. The summed E-state index contributed by atoms with van der Waals surface area (Å²) >= 11 is 0. The number of hydrogen-bond donors (Lipinski definition) is 0. The summed E-state index contributed by atoms with van der Waals surface area (Å²) in [6.45, 7) is 1.34. The van der Waals surface area contributed by atoms with Gasteiger partial charge in [-0.2, -0.15) is 0 Å². The number of benzene rings is 3. The largest absolute Gasteiger partial charge is 0.497 e. The lowest BCUT2D eigenvalue weighted by Crippen LogP contribution is -2.48. The van der Waals surface area contributed by atoms with Crippen molar-refractivity contribution in [1.82, 2.24) is 4.90 Å². The molecule has 0 N–H and O–H groups in total. The van der Waals surface area contributed by atoms with E-state index in [-0.39, 0.29) is 29.5 Å².